The number of carbonyl (C=O) groups excluding carboxylic acids is 3. The molecule has 0 atom stereocenters. The molecule has 6 nitrogen and oxygen atoms in total. The zero-order valence-corrected chi connectivity index (χ0v) is 13.8. The molecule has 0 aliphatic rings. The molecule has 2 aromatic rings. The highest BCUT2D eigenvalue weighted by molar-refractivity contribution is 5.95. The summed E-state index contributed by atoms with van der Waals surface area (Å²) in [5.74, 6) is -3.67. The number of halogens is 2. The molecule has 0 bridgehead atoms. The normalized spacial score (nSPS) is 10.1. The number of hydrogen-bond donors (Lipinski definition) is 2. The number of hydrogen-bond acceptors (Lipinski definition) is 4. The third kappa shape index (κ3) is 5.37. The second-order valence-electron chi connectivity index (χ2n) is 5.33. The molecule has 0 aliphatic carbocycles. The average Bonchev–Trinajstić information content (AvgIpc) is 2.61. The van der Waals surface area contributed by atoms with Gasteiger partial charge < -0.3 is 15.4 Å². The molecule has 0 saturated carbocycles. The van der Waals surface area contributed by atoms with Gasteiger partial charge >= 0.3 is 5.97 Å². The van der Waals surface area contributed by atoms with Crippen molar-refractivity contribution >= 4 is 23.5 Å². The van der Waals surface area contributed by atoms with Gasteiger partial charge in [-0.3, -0.25) is 9.59 Å². The molecule has 0 radical (unpaired) electrons. The quantitative estimate of drug-likeness (QED) is 0.773. The molecule has 0 saturated heterocycles. The molecular formula is C18H16F2N2O4. The van der Waals surface area contributed by atoms with Gasteiger partial charge in [0.25, 0.3) is 5.91 Å². The molecule has 0 aliphatic heterocycles. The van der Waals surface area contributed by atoms with Gasteiger partial charge in [-0.05, 0) is 29.8 Å². The van der Waals surface area contributed by atoms with Gasteiger partial charge in [0.2, 0.25) is 5.91 Å². The van der Waals surface area contributed by atoms with Crippen molar-refractivity contribution in [2.24, 2.45) is 0 Å². The van der Waals surface area contributed by atoms with Crippen molar-refractivity contribution in [2.75, 3.05) is 11.9 Å². The zero-order chi connectivity index (χ0) is 19.1. The van der Waals surface area contributed by atoms with Gasteiger partial charge in [-0.2, -0.15) is 0 Å². The Bertz CT molecular complexity index is 802. The van der Waals surface area contributed by atoms with Gasteiger partial charge in [0.15, 0.2) is 6.61 Å². The van der Waals surface area contributed by atoms with E-state index in [2.05, 4.69) is 5.32 Å². The Morgan fingerprint density at radius 1 is 1.00 bits per heavy atom. The lowest BCUT2D eigenvalue weighted by Crippen LogP contribution is -2.22. The van der Waals surface area contributed by atoms with Gasteiger partial charge in [-0.15, -0.1) is 0 Å². The van der Waals surface area contributed by atoms with E-state index in [1.807, 2.05) is 5.32 Å². The van der Waals surface area contributed by atoms with E-state index in [-0.39, 0.29) is 11.5 Å². The smallest absolute Gasteiger partial charge is 0.338 e. The van der Waals surface area contributed by atoms with E-state index in [1.54, 1.807) is 12.1 Å². The van der Waals surface area contributed by atoms with Crippen molar-refractivity contribution in [3.05, 3.63) is 65.2 Å². The molecular weight excluding hydrogens is 346 g/mol. The molecule has 0 unspecified atom stereocenters. The van der Waals surface area contributed by atoms with E-state index in [1.165, 1.54) is 19.1 Å². The van der Waals surface area contributed by atoms with Gasteiger partial charge in [-0.1, -0.05) is 18.2 Å². The first-order chi connectivity index (χ1) is 12.4. The van der Waals surface area contributed by atoms with Crippen molar-refractivity contribution < 1.29 is 27.9 Å². The summed E-state index contributed by atoms with van der Waals surface area (Å²) in [5, 5.41) is 4.63. The number of benzene rings is 2. The van der Waals surface area contributed by atoms with Crippen LogP contribution in [0.25, 0.3) is 0 Å². The third-order valence-corrected chi connectivity index (χ3v) is 3.29. The Hall–Kier alpha value is -3.29. The molecule has 8 heteroatoms. The molecule has 0 heterocycles. The number of rotatable bonds is 6. The SMILES string of the molecule is CC(=O)NCc1ccc(C(=O)OCC(=O)Nc2c(F)cccc2F)cc1. The minimum absolute atomic E-state index is 0.175. The largest absolute Gasteiger partial charge is 0.452 e. The molecule has 136 valence electrons. The first-order valence-corrected chi connectivity index (χ1v) is 7.61. The predicted molar refractivity (Wildman–Crippen MR) is 89.2 cm³/mol. The molecule has 0 aromatic heterocycles. The second kappa shape index (κ2) is 8.70. The fraction of sp³-hybridized carbons (Fsp3) is 0.167. The summed E-state index contributed by atoms with van der Waals surface area (Å²) in [6, 6.07) is 9.36. The summed E-state index contributed by atoms with van der Waals surface area (Å²) in [7, 11) is 0. The Kier molecular flexibility index (Phi) is 6.37. The minimum atomic E-state index is -0.931. The van der Waals surface area contributed by atoms with E-state index in [0.717, 1.165) is 23.8 Å². The molecule has 2 amide bonds. The Labute approximate surface area is 148 Å². The maximum Gasteiger partial charge on any atom is 0.338 e. The Morgan fingerprint density at radius 2 is 1.62 bits per heavy atom. The van der Waals surface area contributed by atoms with E-state index in [0.29, 0.717) is 6.54 Å². The maximum absolute atomic E-state index is 13.4. The minimum Gasteiger partial charge on any atom is -0.452 e. The highest BCUT2D eigenvalue weighted by Crippen LogP contribution is 2.17. The van der Waals surface area contributed by atoms with E-state index in [9.17, 15) is 23.2 Å². The molecule has 2 rings (SSSR count). The average molecular weight is 362 g/mol. The van der Waals surface area contributed by atoms with Gasteiger partial charge in [0, 0.05) is 13.5 Å². The number of para-hydroxylation sites is 1. The number of nitrogens with one attached hydrogen (secondary N) is 2. The van der Waals surface area contributed by atoms with Crippen molar-refractivity contribution in [1.82, 2.24) is 5.32 Å². The van der Waals surface area contributed by atoms with Crippen LogP contribution in [0.3, 0.4) is 0 Å². The molecule has 0 fully saturated rings. The predicted octanol–water partition coefficient (Wildman–Crippen LogP) is 2.40. The second-order valence-corrected chi connectivity index (χ2v) is 5.33. The van der Waals surface area contributed by atoms with Crippen LogP contribution in [0.2, 0.25) is 0 Å². The van der Waals surface area contributed by atoms with Crippen LogP contribution in [0.4, 0.5) is 14.5 Å². The lowest BCUT2D eigenvalue weighted by molar-refractivity contribution is -0.119. The number of anilines is 1. The Morgan fingerprint density at radius 3 is 2.19 bits per heavy atom. The highest BCUT2D eigenvalue weighted by atomic mass is 19.1. The van der Waals surface area contributed by atoms with Crippen molar-refractivity contribution in [1.29, 1.82) is 0 Å². The summed E-state index contributed by atoms with van der Waals surface area (Å²) < 4.78 is 31.7. The van der Waals surface area contributed by atoms with Crippen LogP contribution in [0, 0.1) is 11.6 Å². The fourth-order valence-electron chi connectivity index (χ4n) is 1.99. The van der Waals surface area contributed by atoms with Crippen LogP contribution < -0.4 is 10.6 Å². The summed E-state index contributed by atoms with van der Waals surface area (Å²) in [5.41, 5.74) is 0.377. The lowest BCUT2D eigenvalue weighted by Gasteiger charge is -2.08. The number of ether oxygens (including phenoxy) is 1. The van der Waals surface area contributed by atoms with Gasteiger partial charge in [0.1, 0.15) is 17.3 Å². The maximum atomic E-state index is 13.4. The van der Waals surface area contributed by atoms with Crippen LogP contribution in [0.1, 0.15) is 22.8 Å². The summed E-state index contributed by atoms with van der Waals surface area (Å²) in [6.07, 6.45) is 0. The summed E-state index contributed by atoms with van der Waals surface area (Å²) in [4.78, 5) is 34.4. The molecule has 2 aromatic carbocycles. The highest BCUT2D eigenvalue weighted by Gasteiger charge is 2.14. The van der Waals surface area contributed by atoms with Crippen molar-refractivity contribution in [3.8, 4) is 0 Å². The summed E-state index contributed by atoms with van der Waals surface area (Å²) in [6.45, 7) is 1.02. The monoisotopic (exact) mass is 362 g/mol. The Balaban J connectivity index is 1.87. The fourth-order valence-corrected chi connectivity index (χ4v) is 1.99. The standard InChI is InChI=1S/C18H16F2N2O4/c1-11(23)21-9-12-5-7-13(8-6-12)18(25)26-10-16(24)22-17-14(19)3-2-4-15(17)20/h2-8H,9-10H2,1H3,(H,21,23)(H,22,24). The number of carbonyl (C=O) groups is 3. The summed E-state index contributed by atoms with van der Waals surface area (Å²) >= 11 is 0. The van der Waals surface area contributed by atoms with Crippen LogP contribution >= 0.6 is 0 Å². The van der Waals surface area contributed by atoms with Gasteiger partial charge in [-0.25, -0.2) is 13.6 Å². The van der Waals surface area contributed by atoms with E-state index in [4.69, 9.17) is 4.74 Å². The third-order valence-electron chi connectivity index (χ3n) is 3.29. The molecule has 2 N–H and O–H groups in total. The number of amides is 2. The van der Waals surface area contributed by atoms with E-state index < -0.39 is 35.8 Å². The topological polar surface area (TPSA) is 84.5 Å². The van der Waals surface area contributed by atoms with Crippen LogP contribution in [0.15, 0.2) is 42.5 Å². The lowest BCUT2D eigenvalue weighted by atomic mass is 10.1. The van der Waals surface area contributed by atoms with Crippen LogP contribution in [-0.4, -0.2) is 24.4 Å². The first kappa shape index (κ1) is 19.0. The first-order valence-electron chi connectivity index (χ1n) is 7.61. The van der Waals surface area contributed by atoms with Crippen LogP contribution in [-0.2, 0) is 20.9 Å². The molecule has 26 heavy (non-hydrogen) atoms. The zero-order valence-electron chi connectivity index (χ0n) is 13.8. The van der Waals surface area contributed by atoms with Crippen LogP contribution in [0.5, 0.6) is 0 Å². The number of esters is 1. The van der Waals surface area contributed by atoms with Gasteiger partial charge in [0.05, 0.1) is 5.56 Å². The van der Waals surface area contributed by atoms with Crippen molar-refractivity contribution in [2.45, 2.75) is 13.5 Å². The van der Waals surface area contributed by atoms with Crippen molar-refractivity contribution in [3.63, 3.8) is 0 Å². The molecule has 0 spiro atoms. The van der Waals surface area contributed by atoms with E-state index >= 15 is 0 Å².